The number of amides is 1. The van der Waals surface area contributed by atoms with Gasteiger partial charge in [-0.25, -0.2) is 0 Å². The second-order valence-corrected chi connectivity index (χ2v) is 6.67. The van der Waals surface area contributed by atoms with Gasteiger partial charge in [0.15, 0.2) is 0 Å². The Hall–Kier alpha value is -3.08. The maximum atomic E-state index is 11.7. The first kappa shape index (κ1) is 23.0. The molecule has 5 nitrogen and oxygen atoms in total. The van der Waals surface area contributed by atoms with Crippen LogP contribution in [-0.4, -0.2) is 23.5 Å². The first-order valence-electron chi connectivity index (χ1n) is 9.24. The first-order chi connectivity index (χ1) is 13.3. The average Bonchev–Trinajstić information content (AvgIpc) is 2.65. The van der Waals surface area contributed by atoms with Crippen LogP contribution in [0.2, 0.25) is 0 Å². The van der Waals surface area contributed by atoms with Crippen LogP contribution in [0.5, 0.6) is 0 Å². The third-order valence-electron chi connectivity index (χ3n) is 4.50. The van der Waals surface area contributed by atoms with Crippen LogP contribution in [0.1, 0.15) is 39.7 Å². The lowest BCUT2D eigenvalue weighted by Crippen LogP contribution is -2.23. The van der Waals surface area contributed by atoms with Gasteiger partial charge in [-0.3, -0.25) is 9.59 Å². The Labute approximate surface area is 167 Å². The molecule has 28 heavy (non-hydrogen) atoms. The van der Waals surface area contributed by atoms with Crippen molar-refractivity contribution in [1.82, 2.24) is 5.32 Å². The second-order valence-electron chi connectivity index (χ2n) is 6.67. The summed E-state index contributed by atoms with van der Waals surface area (Å²) in [5.74, 6) is -1.38. The number of carboxylic acid groups (broad SMARTS) is 1. The van der Waals surface area contributed by atoms with Crippen LogP contribution in [0, 0.1) is 0 Å². The zero-order chi connectivity index (χ0) is 21.1. The summed E-state index contributed by atoms with van der Waals surface area (Å²) in [6, 6.07) is 10.1. The van der Waals surface area contributed by atoms with E-state index in [4.69, 9.17) is 10.8 Å². The Morgan fingerprint density at radius 3 is 2.29 bits per heavy atom. The van der Waals surface area contributed by atoms with E-state index in [0.717, 1.165) is 28.7 Å². The molecule has 5 heteroatoms. The number of carbonyl (C=O) groups is 2. The number of nitrogens with two attached hydrogens (primary N) is 1. The van der Waals surface area contributed by atoms with Crippen LogP contribution < -0.4 is 11.1 Å². The van der Waals surface area contributed by atoms with Gasteiger partial charge in [-0.1, -0.05) is 48.1 Å². The van der Waals surface area contributed by atoms with E-state index in [1.807, 2.05) is 58.0 Å². The molecule has 4 N–H and O–H groups in total. The molecule has 150 valence electrons. The minimum atomic E-state index is -0.955. The molecule has 0 spiro atoms. The summed E-state index contributed by atoms with van der Waals surface area (Å²) < 4.78 is 0. The van der Waals surface area contributed by atoms with Gasteiger partial charge in [0.25, 0.3) is 0 Å². The van der Waals surface area contributed by atoms with Gasteiger partial charge in [-0.2, -0.15) is 0 Å². The molecule has 0 aliphatic carbocycles. The van der Waals surface area contributed by atoms with Gasteiger partial charge in [0.05, 0.1) is 6.42 Å². The number of rotatable bonds is 10. The number of hydrogen-bond acceptors (Lipinski definition) is 3. The molecule has 0 aliphatic heterocycles. The Morgan fingerprint density at radius 2 is 1.75 bits per heavy atom. The highest BCUT2D eigenvalue weighted by molar-refractivity contribution is 5.78. The van der Waals surface area contributed by atoms with Crippen LogP contribution in [0.25, 0.3) is 0 Å². The van der Waals surface area contributed by atoms with Crippen LogP contribution in [0.15, 0.2) is 76.5 Å². The van der Waals surface area contributed by atoms with Crippen molar-refractivity contribution in [3.63, 3.8) is 0 Å². The zero-order valence-electron chi connectivity index (χ0n) is 17.1. The van der Waals surface area contributed by atoms with Gasteiger partial charge >= 0.3 is 5.97 Å². The SMILES string of the molecule is C\C=C/C=C(NCC(=O)O)\C(C)=C(CC(N)=O)\C(C)=C(/C)Cc1ccccc1. The van der Waals surface area contributed by atoms with Gasteiger partial charge in [0.2, 0.25) is 5.91 Å². The molecule has 1 amide bonds. The molecule has 0 bridgehead atoms. The van der Waals surface area contributed by atoms with Crippen molar-refractivity contribution < 1.29 is 14.7 Å². The predicted octanol–water partition coefficient (Wildman–Crippen LogP) is 3.89. The van der Waals surface area contributed by atoms with Crippen LogP contribution in [0.3, 0.4) is 0 Å². The van der Waals surface area contributed by atoms with Crippen molar-refractivity contribution in [3.05, 3.63) is 82.1 Å². The fourth-order valence-corrected chi connectivity index (χ4v) is 2.86. The van der Waals surface area contributed by atoms with Gasteiger partial charge < -0.3 is 16.2 Å². The van der Waals surface area contributed by atoms with Gasteiger partial charge in [0.1, 0.15) is 6.54 Å². The van der Waals surface area contributed by atoms with E-state index in [2.05, 4.69) is 17.4 Å². The van der Waals surface area contributed by atoms with Crippen LogP contribution in [-0.2, 0) is 16.0 Å². The highest BCUT2D eigenvalue weighted by atomic mass is 16.4. The minimum absolute atomic E-state index is 0.0890. The fraction of sp³-hybridized carbons (Fsp3) is 0.304. The molecule has 0 fully saturated rings. The molecule has 0 aromatic heterocycles. The van der Waals surface area contributed by atoms with E-state index in [9.17, 15) is 9.59 Å². The summed E-state index contributed by atoms with van der Waals surface area (Å²) in [6.07, 6.45) is 6.34. The number of allylic oxidation sites excluding steroid dienone is 6. The van der Waals surface area contributed by atoms with E-state index in [0.29, 0.717) is 5.70 Å². The van der Waals surface area contributed by atoms with Gasteiger partial charge in [0, 0.05) is 5.70 Å². The summed E-state index contributed by atoms with van der Waals surface area (Å²) in [6.45, 7) is 7.56. The molecular formula is C23H30N2O3. The Morgan fingerprint density at radius 1 is 1.11 bits per heavy atom. The number of carboxylic acids is 1. The Kier molecular flexibility index (Phi) is 9.51. The number of nitrogens with one attached hydrogen (secondary N) is 1. The summed E-state index contributed by atoms with van der Waals surface area (Å²) in [4.78, 5) is 22.7. The number of aliphatic carboxylic acids is 1. The molecule has 1 rings (SSSR count). The normalized spacial score (nSPS) is 13.8. The number of carbonyl (C=O) groups excluding carboxylic acids is 1. The molecule has 0 unspecified atom stereocenters. The summed E-state index contributed by atoms with van der Waals surface area (Å²) in [5, 5.41) is 11.9. The van der Waals surface area contributed by atoms with E-state index in [1.54, 1.807) is 6.08 Å². The molecular weight excluding hydrogens is 352 g/mol. The van der Waals surface area contributed by atoms with Crippen molar-refractivity contribution in [3.8, 4) is 0 Å². The standard InChI is InChI=1S/C23H30N2O3/c1-5-6-12-21(25-15-23(27)28)18(4)20(14-22(24)26)17(3)16(2)13-19-10-8-7-9-11-19/h5-12,25H,13-15H2,1-4H3,(H2,24,26)(H,27,28)/b6-5-,17-16+,20-18+,21-12+. The largest absolute Gasteiger partial charge is 0.480 e. The van der Waals surface area contributed by atoms with Crippen LogP contribution >= 0.6 is 0 Å². The van der Waals surface area contributed by atoms with Crippen molar-refractivity contribution in [1.29, 1.82) is 0 Å². The maximum Gasteiger partial charge on any atom is 0.322 e. The lowest BCUT2D eigenvalue weighted by Gasteiger charge is -2.18. The molecule has 0 saturated heterocycles. The zero-order valence-corrected chi connectivity index (χ0v) is 17.1. The lowest BCUT2D eigenvalue weighted by atomic mass is 9.91. The fourth-order valence-electron chi connectivity index (χ4n) is 2.86. The molecule has 0 heterocycles. The predicted molar refractivity (Wildman–Crippen MR) is 114 cm³/mol. The smallest absolute Gasteiger partial charge is 0.322 e. The van der Waals surface area contributed by atoms with E-state index >= 15 is 0 Å². The molecule has 1 aromatic rings. The Balaban J connectivity index is 3.39. The lowest BCUT2D eigenvalue weighted by molar-refractivity contribution is -0.135. The Bertz CT molecular complexity index is 816. The van der Waals surface area contributed by atoms with Crippen molar-refractivity contribution in [2.24, 2.45) is 5.73 Å². The molecule has 1 aromatic carbocycles. The van der Waals surface area contributed by atoms with Crippen molar-refractivity contribution >= 4 is 11.9 Å². The molecule has 0 atom stereocenters. The quantitative estimate of drug-likeness (QED) is 0.535. The number of primary amides is 1. The van der Waals surface area contributed by atoms with E-state index in [1.165, 1.54) is 5.56 Å². The molecule has 0 radical (unpaired) electrons. The molecule has 0 saturated carbocycles. The van der Waals surface area contributed by atoms with Gasteiger partial charge in [-0.05, 0) is 62.5 Å². The highest BCUT2D eigenvalue weighted by Gasteiger charge is 2.14. The van der Waals surface area contributed by atoms with Crippen molar-refractivity contribution in [2.45, 2.75) is 40.5 Å². The highest BCUT2D eigenvalue weighted by Crippen LogP contribution is 2.26. The third kappa shape index (κ3) is 7.66. The average molecular weight is 383 g/mol. The van der Waals surface area contributed by atoms with E-state index < -0.39 is 11.9 Å². The first-order valence-corrected chi connectivity index (χ1v) is 9.24. The topological polar surface area (TPSA) is 92.4 Å². The monoisotopic (exact) mass is 382 g/mol. The summed E-state index contributed by atoms with van der Waals surface area (Å²) in [5.41, 5.74) is 11.1. The minimum Gasteiger partial charge on any atom is -0.480 e. The third-order valence-corrected chi connectivity index (χ3v) is 4.50. The summed E-state index contributed by atoms with van der Waals surface area (Å²) in [7, 11) is 0. The second kappa shape index (κ2) is 11.6. The number of benzene rings is 1. The van der Waals surface area contributed by atoms with Crippen LogP contribution in [0.4, 0.5) is 0 Å². The molecule has 0 aliphatic rings. The maximum absolute atomic E-state index is 11.7. The van der Waals surface area contributed by atoms with Gasteiger partial charge in [-0.15, -0.1) is 0 Å². The van der Waals surface area contributed by atoms with E-state index in [-0.39, 0.29) is 13.0 Å². The summed E-state index contributed by atoms with van der Waals surface area (Å²) >= 11 is 0. The van der Waals surface area contributed by atoms with Crippen molar-refractivity contribution in [2.75, 3.05) is 6.54 Å². The number of hydrogen-bond donors (Lipinski definition) is 3.